The van der Waals surface area contributed by atoms with E-state index in [1.165, 1.54) is 13.2 Å². The average Bonchev–Trinajstić information content (AvgIpc) is 1.85. The van der Waals surface area contributed by atoms with Crippen LogP contribution >= 0.6 is 0 Å². The fourth-order valence-electron chi connectivity index (χ4n) is 0.985. The summed E-state index contributed by atoms with van der Waals surface area (Å²) >= 11 is 0. The van der Waals surface area contributed by atoms with Gasteiger partial charge in [0.15, 0.2) is 0 Å². The lowest BCUT2D eigenvalue weighted by Crippen LogP contribution is -2.06. The lowest BCUT2D eigenvalue weighted by Gasteiger charge is -2.01. The van der Waals surface area contributed by atoms with Crippen molar-refractivity contribution in [2.75, 3.05) is 7.11 Å². The summed E-state index contributed by atoms with van der Waals surface area (Å²) in [5.41, 5.74) is -0.131. The molecule has 0 spiro atoms. The van der Waals surface area contributed by atoms with Gasteiger partial charge in [-0.25, -0.2) is 0 Å². The van der Waals surface area contributed by atoms with Gasteiger partial charge in [-0.3, -0.25) is 4.79 Å². The summed E-state index contributed by atoms with van der Waals surface area (Å²) in [6, 6.07) is 1.41. The van der Waals surface area contributed by atoms with Crippen molar-refractivity contribution < 1.29 is 9.15 Å². The number of methoxy groups -OCH3 is 1. The van der Waals surface area contributed by atoms with Crippen LogP contribution in [0.1, 0.15) is 11.5 Å². The van der Waals surface area contributed by atoms with E-state index < -0.39 is 0 Å². The molecule has 0 amide bonds. The Morgan fingerprint density at radius 1 is 1.45 bits per heavy atom. The van der Waals surface area contributed by atoms with Crippen molar-refractivity contribution in [1.82, 2.24) is 0 Å². The molecule has 3 heteroatoms. The van der Waals surface area contributed by atoms with Gasteiger partial charge in [0.05, 0.1) is 7.11 Å². The quantitative estimate of drug-likeness (QED) is 0.611. The van der Waals surface area contributed by atoms with Crippen LogP contribution in [-0.4, -0.2) is 7.11 Å². The van der Waals surface area contributed by atoms with Gasteiger partial charge in [-0.1, -0.05) is 0 Å². The molecule has 0 N–H and O–H groups in total. The molecule has 1 aromatic rings. The van der Waals surface area contributed by atoms with Crippen molar-refractivity contribution in [3.8, 4) is 5.75 Å². The average molecular weight is 154 g/mol. The minimum absolute atomic E-state index is 0.131. The van der Waals surface area contributed by atoms with Gasteiger partial charge in [-0.15, -0.1) is 0 Å². The molecule has 60 valence electrons. The molecule has 11 heavy (non-hydrogen) atoms. The summed E-state index contributed by atoms with van der Waals surface area (Å²) in [7, 11) is 1.45. The Hall–Kier alpha value is -1.25. The normalized spacial score (nSPS) is 9.73. The Kier molecular flexibility index (Phi) is 1.98. The van der Waals surface area contributed by atoms with Crippen molar-refractivity contribution in [2.45, 2.75) is 13.8 Å². The second-order valence-electron chi connectivity index (χ2n) is 2.31. The zero-order chi connectivity index (χ0) is 8.43. The summed E-state index contributed by atoms with van der Waals surface area (Å²) in [6.45, 7) is 3.43. The standard InChI is InChI=1S/C8H10O3/c1-5-4-7(9)8(10-3)6(2)11-5/h4H,1-3H3. The first-order valence-electron chi connectivity index (χ1n) is 3.30. The van der Waals surface area contributed by atoms with Crippen molar-refractivity contribution in [2.24, 2.45) is 0 Å². The molecule has 0 aliphatic carbocycles. The molecular formula is C8H10O3. The van der Waals surface area contributed by atoms with Crippen LogP contribution in [0.15, 0.2) is 15.3 Å². The predicted octanol–water partition coefficient (Wildman–Crippen LogP) is 1.27. The Balaban J connectivity index is 3.37. The van der Waals surface area contributed by atoms with Crippen molar-refractivity contribution in [3.63, 3.8) is 0 Å². The number of hydrogen-bond acceptors (Lipinski definition) is 3. The molecule has 0 aliphatic heterocycles. The van der Waals surface area contributed by atoms with Gasteiger partial charge in [-0.05, 0) is 13.8 Å². The summed E-state index contributed by atoms with van der Waals surface area (Å²) in [4.78, 5) is 11.1. The van der Waals surface area contributed by atoms with Crippen LogP contribution in [0.2, 0.25) is 0 Å². The highest BCUT2D eigenvalue weighted by Gasteiger charge is 2.05. The molecule has 0 radical (unpaired) electrons. The third-order valence-electron chi connectivity index (χ3n) is 1.40. The second kappa shape index (κ2) is 2.78. The Morgan fingerprint density at radius 3 is 2.55 bits per heavy atom. The van der Waals surface area contributed by atoms with E-state index in [1.54, 1.807) is 13.8 Å². The van der Waals surface area contributed by atoms with Gasteiger partial charge in [-0.2, -0.15) is 0 Å². The lowest BCUT2D eigenvalue weighted by molar-refractivity contribution is 0.369. The van der Waals surface area contributed by atoms with Crippen molar-refractivity contribution in [1.29, 1.82) is 0 Å². The molecule has 0 aromatic carbocycles. The third kappa shape index (κ3) is 1.42. The van der Waals surface area contributed by atoms with Gasteiger partial charge < -0.3 is 9.15 Å². The summed E-state index contributed by atoms with van der Waals surface area (Å²) in [5, 5.41) is 0. The van der Waals surface area contributed by atoms with E-state index in [9.17, 15) is 4.79 Å². The lowest BCUT2D eigenvalue weighted by atomic mass is 10.3. The van der Waals surface area contributed by atoms with E-state index in [0.29, 0.717) is 11.5 Å². The predicted molar refractivity (Wildman–Crippen MR) is 41.0 cm³/mol. The highest BCUT2D eigenvalue weighted by atomic mass is 16.5. The highest BCUT2D eigenvalue weighted by Crippen LogP contribution is 2.11. The van der Waals surface area contributed by atoms with Crippen LogP contribution in [0.25, 0.3) is 0 Å². The van der Waals surface area contributed by atoms with Gasteiger partial charge in [0.1, 0.15) is 11.5 Å². The van der Waals surface area contributed by atoms with Gasteiger partial charge in [0.2, 0.25) is 11.2 Å². The summed E-state index contributed by atoms with van der Waals surface area (Å²) in [5.74, 6) is 1.42. The van der Waals surface area contributed by atoms with Crippen LogP contribution in [0.4, 0.5) is 0 Å². The van der Waals surface area contributed by atoms with Gasteiger partial charge >= 0.3 is 0 Å². The maximum atomic E-state index is 11.1. The molecule has 0 aliphatic rings. The highest BCUT2D eigenvalue weighted by molar-refractivity contribution is 5.24. The van der Waals surface area contributed by atoms with E-state index in [-0.39, 0.29) is 11.2 Å². The Bertz CT molecular complexity index is 312. The van der Waals surface area contributed by atoms with Crippen LogP contribution in [0.5, 0.6) is 5.75 Å². The summed E-state index contributed by atoms with van der Waals surface area (Å²) < 4.78 is 9.98. The van der Waals surface area contributed by atoms with Crippen LogP contribution < -0.4 is 10.2 Å². The SMILES string of the molecule is COc1c(C)oc(C)cc1=O. The topological polar surface area (TPSA) is 39.4 Å². The van der Waals surface area contributed by atoms with Crippen LogP contribution in [0, 0.1) is 13.8 Å². The van der Waals surface area contributed by atoms with Gasteiger partial charge in [0.25, 0.3) is 0 Å². The molecule has 0 fully saturated rings. The molecule has 0 unspecified atom stereocenters. The van der Waals surface area contributed by atoms with E-state index in [4.69, 9.17) is 9.15 Å². The molecule has 3 nitrogen and oxygen atoms in total. The molecule has 0 saturated carbocycles. The summed E-state index contributed by atoms with van der Waals surface area (Å²) in [6.07, 6.45) is 0. The Labute approximate surface area is 64.6 Å². The third-order valence-corrected chi connectivity index (χ3v) is 1.40. The molecule has 1 rings (SSSR count). The first-order valence-corrected chi connectivity index (χ1v) is 3.30. The number of ether oxygens (including phenoxy) is 1. The number of hydrogen-bond donors (Lipinski definition) is 0. The molecule has 0 saturated heterocycles. The molecule has 0 atom stereocenters. The minimum Gasteiger partial charge on any atom is -0.490 e. The zero-order valence-electron chi connectivity index (χ0n) is 6.80. The van der Waals surface area contributed by atoms with E-state index in [2.05, 4.69) is 0 Å². The van der Waals surface area contributed by atoms with Crippen molar-refractivity contribution in [3.05, 3.63) is 27.8 Å². The van der Waals surface area contributed by atoms with Crippen LogP contribution in [0.3, 0.4) is 0 Å². The van der Waals surface area contributed by atoms with Crippen LogP contribution in [-0.2, 0) is 0 Å². The maximum Gasteiger partial charge on any atom is 0.227 e. The zero-order valence-corrected chi connectivity index (χ0v) is 6.80. The van der Waals surface area contributed by atoms with E-state index in [1.807, 2.05) is 0 Å². The monoisotopic (exact) mass is 154 g/mol. The fourth-order valence-corrected chi connectivity index (χ4v) is 0.985. The number of rotatable bonds is 1. The second-order valence-corrected chi connectivity index (χ2v) is 2.31. The van der Waals surface area contributed by atoms with Gasteiger partial charge in [0, 0.05) is 6.07 Å². The van der Waals surface area contributed by atoms with Crippen molar-refractivity contribution >= 4 is 0 Å². The smallest absolute Gasteiger partial charge is 0.227 e. The number of aryl methyl sites for hydroxylation is 2. The Morgan fingerprint density at radius 2 is 2.09 bits per heavy atom. The van der Waals surface area contributed by atoms with E-state index >= 15 is 0 Å². The first kappa shape index (κ1) is 7.85. The first-order chi connectivity index (χ1) is 5.15. The minimum atomic E-state index is -0.131. The largest absolute Gasteiger partial charge is 0.490 e. The molecular weight excluding hydrogens is 144 g/mol. The fraction of sp³-hybridized carbons (Fsp3) is 0.375. The van der Waals surface area contributed by atoms with E-state index in [0.717, 1.165) is 0 Å². The molecule has 1 aromatic heterocycles. The molecule has 1 heterocycles. The molecule has 0 bridgehead atoms. The maximum absolute atomic E-state index is 11.1.